The van der Waals surface area contributed by atoms with Crippen molar-refractivity contribution in [1.82, 2.24) is 0 Å². The smallest absolute Gasteiger partial charge is 0.229 e. The summed E-state index contributed by atoms with van der Waals surface area (Å²) in [6.07, 6.45) is 13.1. The molecule has 136 valence electrons. The minimum atomic E-state index is -2.10. The quantitative estimate of drug-likeness (QED) is 0.243. The van der Waals surface area contributed by atoms with Crippen molar-refractivity contribution >= 4 is 8.25 Å². The van der Waals surface area contributed by atoms with Gasteiger partial charge in [-0.3, -0.25) is 0 Å². The molecule has 0 fully saturated rings. The molecule has 0 bridgehead atoms. The Morgan fingerprint density at radius 2 is 1.38 bits per heavy atom. The molecule has 24 heavy (non-hydrogen) atoms. The Morgan fingerprint density at radius 1 is 0.833 bits per heavy atom. The van der Waals surface area contributed by atoms with Crippen molar-refractivity contribution in [3.8, 4) is 5.75 Å². The van der Waals surface area contributed by atoms with Crippen LogP contribution in [-0.4, -0.2) is 6.10 Å². The van der Waals surface area contributed by atoms with E-state index >= 15 is 0 Å². The molecule has 0 aromatic heterocycles. The molecule has 1 aromatic carbocycles. The summed E-state index contributed by atoms with van der Waals surface area (Å²) in [5, 5.41) is 0. The molecule has 1 aromatic rings. The monoisotopic (exact) mass is 353 g/mol. The summed E-state index contributed by atoms with van der Waals surface area (Å²) in [5.41, 5.74) is 0. The fraction of sp³-hybridized carbons (Fsp3) is 0.700. The van der Waals surface area contributed by atoms with Crippen LogP contribution in [0, 0.1) is 0 Å². The molecular formula is C20H34O3P+. The van der Waals surface area contributed by atoms with E-state index in [0.717, 1.165) is 25.7 Å². The predicted octanol–water partition coefficient (Wildman–Crippen LogP) is 7.44. The molecule has 0 saturated carbocycles. The van der Waals surface area contributed by atoms with Gasteiger partial charge < -0.3 is 0 Å². The summed E-state index contributed by atoms with van der Waals surface area (Å²) in [7, 11) is -2.10. The van der Waals surface area contributed by atoms with Gasteiger partial charge in [-0.2, -0.15) is 0 Å². The Balaban J connectivity index is 2.32. The minimum absolute atomic E-state index is 0.0510. The lowest BCUT2D eigenvalue weighted by molar-refractivity contribution is 0.165. The maximum absolute atomic E-state index is 12.1. The molecule has 0 aliphatic carbocycles. The normalized spacial score (nSPS) is 12.8. The van der Waals surface area contributed by atoms with Crippen molar-refractivity contribution in [2.75, 3.05) is 0 Å². The van der Waals surface area contributed by atoms with Crippen molar-refractivity contribution in [3.05, 3.63) is 30.3 Å². The summed E-state index contributed by atoms with van der Waals surface area (Å²) in [4.78, 5) is 0. The third-order valence-corrected chi connectivity index (χ3v) is 5.00. The Hall–Kier alpha value is -0.920. The number of benzene rings is 1. The van der Waals surface area contributed by atoms with Crippen LogP contribution in [-0.2, 0) is 9.09 Å². The lowest BCUT2D eigenvalue weighted by atomic mass is 10.0. The van der Waals surface area contributed by atoms with Crippen LogP contribution in [0.4, 0.5) is 0 Å². The first kappa shape index (κ1) is 21.1. The van der Waals surface area contributed by atoms with E-state index in [9.17, 15) is 4.57 Å². The first-order chi connectivity index (χ1) is 11.8. The summed E-state index contributed by atoms with van der Waals surface area (Å²) in [6.45, 7) is 4.43. The van der Waals surface area contributed by atoms with Crippen LogP contribution in [0.25, 0.3) is 0 Å². The molecule has 4 heteroatoms. The van der Waals surface area contributed by atoms with Gasteiger partial charge in [0.2, 0.25) is 0 Å². The molecule has 0 spiro atoms. The van der Waals surface area contributed by atoms with E-state index in [2.05, 4.69) is 13.8 Å². The highest BCUT2D eigenvalue weighted by Crippen LogP contribution is 2.32. The van der Waals surface area contributed by atoms with Gasteiger partial charge in [-0.05, 0) is 25.0 Å². The van der Waals surface area contributed by atoms with Gasteiger partial charge in [0.25, 0.3) is 0 Å². The number of para-hydroxylation sites is 1. The van der Waals surface area contributed by atoms with Crippen LogP contribution < -0.4 is 4.52 Å². The minimum Gasteiger partial charge on any atom is -0.229 e. The van der Waals surface area contributed by atoms with Crippen LogP contribution >= 0.6 is 8.25 Å². The standard InChI is InChI=1S/C20H34O3P/c1-3-5-7-8-9-12-16-19(15-11-6-4-2)22-24(21)23-20-17-13-10-14-18-20/h10,13-14,17-19H,3-9,11-12,15-16H2,1-2H3/q+1. The Morgan fingerprint density at radius 3 is 2.04 bits per heavy atom. The lowest BCUT2D eigenvalue weighted by Crippen LogP contribution is -2.10. The van der Waals surface area contributed by atoms with E-state index in [4.69, 9.17) is 9.05 Å². The van der Waals surface area contributed by atoms with E-state index in [0.29, 0.717) is 5.75 Å². The Labute approximate surface area is 149 Å². The Bertz CT molecular complexity index is 422. The second-order valence-corrected chi connectivity index (χ2v) is 7.25. The highest BCUT2D eigenvalue weighted by atomic mass is 31.1. The first-order valence-corrected chi connectivity index (χ1v) is 10.7. The van der Waals surface area contributed by atoms with E-state index in [-0.39, 0.29) is 6.10 Å². The number of unbranched alkanes of at least 4 members (excludes halogenated alkanes) is 7. The topological polar surface area (TPSA) is 35.5 Å². The van der Waals surface area contributed by atoms with Crippen molar-refractivity contribution in [2.45, 2.75) is 90.6 Å². The summed E-state index contributed by atoms with van der Waals surface area (Å²) < 4.78 is 23.2. The van der Waals surface area contributed by atoms with Crippen LogP contribution in [0.2, 0.25) is 0 Å². The van der Waals surface area contributed by atoms with Crippen LogP contribution in [0.1, 0.15) is 84.5 Å². The molecule has 0 N–H and O–H groups in total. The lowest BCUT2D eigenvalue weighted by Gasteiger charge is -2.10. The zero-order valence-electron chi connectivity index (χ0n) is 15.4. The van der Waals surface area contributed by atoms with E-state index < -0.39 is 8.25 Å². The van der Waals surface area contributed by atoms with E-state index in [1.807, 2.05) is 18.2 Å². The van der Waals surface area contributed by atoms with E-state index in [1.165, 1.54) is 44.9 Å². The zero-order valence-corrected chi connectivity index (χ0v) is 16.3. The number of hydrogen-bond donors (Lipinski definition) is 0. The second kappa shape index (κ2) is 14.4. The molecule has 2 atom stereocenters. The summed E-state index contributed by atoms with van der Waals surface area (Å²) in [5.74, 6) is 0.602. The molecule has 3 nitrogen and oxygen atoms in total. The zero-order chi connectivity index (χ0) is 17.5. The molecule has 2 unspecified atom stereocenters. The van der Waals surface area contributed by atoms with Crippen molar-refractivity contribution in [1.29, 1.82) is 0 Å². The van der Waals surface area contributed by atoms with Gasteiger partial charge in [0, 0.05) is 4.57 Å². The van der Waals surface area contributed by atoms with E-state index in [1.54, 1.807) is 12.1 Å². The van der Waals surface area contributed by atoms with Crippen molar-refractivity contribution in [3.63, 3.8) is 0 Å². The highest BCUT2D eigenvalue weighted by Gasteiger charge is 2.28. The fourth-order valence-electron chi connectivity index (χ4n) is 2.73. The summed E-state index contributed by atoms with van der Waals surface area (Å²) in [6, 6.07) is 9.25. The molecule has 0 aliphatic rings. The Kier molecular flexibility index (Phi) is 12.7. The number of hydrogen-bond acceptors (Lipinski definition) is 3. The highest BCUT2D eigenvalue weighted by molar-refractivity contribution is 7.33. The van der Waals surface area contributed by atoms with Crippen molar-refractivity contribution < 1.29 is 13.6 Å². The molecular weight excluding hydrogens is 319 g/mol. The third kappa shape index (κ3) is 10.8. The van der Waals surface area contributed by atoms with Crippen LogP contribution in [0.3, 0.4) is 0 Å². The molecule has 0 aliphatic heterocycles. The van der Waals surface area contributed by atoms with Gasteiger partial charge in [0.15, 0.2) is 5.75 Å². The molecule has 0 saturated heterocycles. The number of rotatable bonds is 15. The molecule has 0 radical (unpaired) electrons. The van der Waals surface area contributed by atoms with Gasteiger partial charge in [-0.15, -0.1) is 4.52 Å². The maximum atomic E-state index is 12.1. The maximum Gasteiger partial charge on any atom is 0.750 e. The van der Waals surface area contributed by atoms with Crippen LogP contribution in [0.5, 0.6) is 5.75 Å². The second-order valence-electron chi connectivity index (χ2n) is 6.41. The van der Waals surface area contributed by atoms with Gasteiger partial charge in [-0.25, -0.2) is 4.52 Å². The van der Waals surface area contributed by atoms with Crippen molar-refractivity contribution in [2.24, 2.45) is 0 Å². The molecule has 1 rings (SSSR count). The van der Waals surface area contributed by atoms with Gasteiger partial charge in [0.1, 0.15) is 6.10 Å². The first-order valence-electron chi connectivity index (χ1n) is 9.63. The molecule has 0 heterocycles. The van der Waals surface area contributed by atoms with Gasteiger partial charge in [-0.1, -0.05) is 89.8 Å². The average Bonchev–Trinajstić information content (AvgIpc) is 2.58. The summed E-state index contributed by atoms with van der Waals surface area (Å²) >= 11 is 0. The van der Waals surface area contributed by atoms with Gasteiger partial charge >= 0.3 is 8.25 Å². The molecule has 0 amide bonds. The van der Waals surface area contributed by atoms with Gasteiger partial charge in [0.05, 0.1) is 0 Å². The fourth-order valence-corrected chi connectivity index (χ4v) is 3.53. The SMILES string of the molecule is CCCCCCCCC(CCCCC)O[P+](=O)Oc1ccccc1. The third-order valence-electron chi connectivity index (χ3n) is 4.17. The largest absolute Gasteiger partial charge is 0.750 e. The van der Waals surface area contributed by atoms with Crippen LogP contribution in [0.15, 0.2) is 30.3 Å². The average molecular weight is 353 g/mol. The predicted molar refractivity (Wildman–Crippen MR) is 102 cm³/mol.